The van der Waals surface area contributed by atoms with Gasteiger partial charge in [-0.05, 0) is 29.7 Å². The summed E-state index contributed by atoms with van der Waals surface area (Å²) in [6.07, 6.45) is 4.24. The molecule has 0 saturated carbocycles. The van der Waals surface area contributed by atoms with Gasteiger partial charge in [-0.3, -0.25) is 14.1 Å². The molecular weight excluding hydrogens is 356 g/mol. The first-order valence-corrected chi connectivity index (χ1v) is 9.55. The summed E-state index contributed by atoms with van der Waals surface area (Å²) >= 11 is 7.34. The number of fused-ring (bicyclic) bond motifs is 2. The first-order chi connectivity index (χ1) is 11.0. The maximum Gasteiger partial charge on any atom is 0.281 e. The molecule has 0 atom stereocenters. The number of nitrogens with zero attached hydrogens (tertiary/aromatic N) is 3. The van der Waals surface area contributed by atoms with Crippen LogP contribution in [0.1, 0.15) is 11.1 Å². The highest BCUT2D eigenvalue weighted by Crippen LogP contribution is 2.28. The van der Waals surface area contributed by atoms with Crippen molar-refractivity contribution < 1.29 is 8.42 Å². The van der Waals surface area contributed by atoms with Gasteiger partial charge in [-0.2, -0.15) is 8.42 Å². The lowest BCUT2D eigenvalue weighted by molar-refractivity contribution is 0.596. The van der Waals surface area contributed by atoms with E-state index in [0.29, 0.717) is 17.2 Å². The van der Waals surface area contributed by atoms with Gasteiger partial charge in [0, 0.05) is 30.0 Å². The van der Waals surface area contributed by atoms with Crippen LogP contribution in [0.25, 0.3) is 4.96 Å². The molecule has 23 heavy (non-hydrogen) atoms. The van der Waals surface area contributed by atoms with Crippen molar-refractivity contribution in [2.75, 3.05) is 11.3 Å². The Bertz CT molecular complexity index is 1040. The fraction of sp³-hybridized carbons (Fsp3) is 0.143. The summed E-state index contributed by atoms with van der Waals surface area (Å²) < 4.78 is 29.4. The summed E-state index contributed by atoms with van der Waals surface area (Å²) in [5, 5.41) is 1.68. The molecule has 3 aromatic rings. The van der Waals surface area contributed by atoms with Crippen molar-refractivity contribution in [2.45, 2.75) is 11.4 Å². The number of rotatable bonds is 3. The Hall–Kier alpha value is -1.90. The van der Waals surface area contributed by atoms with Crippen molar-refractivity contribution in [3.8, 4) is 0 Å². The Balaban J connectivity index is 1.74. The van der Waals surface area contributed by atoms with Crippen LogP contribution in [-0.2, 0) is 16.4 Å². The number of aliphatic imine (C=N–C) groups is 1. The number of imidazole rings is 1. The molecule has 1 aliphatic heterocycles. The Morgan fingerprint density at radius 2 is 2.22 bits per heavy atom. The first-order valence-electron chi connectivity index (χ1n) is 6.81. The Kier molecular flexibility index (Phi) is 3.40. The van der Waals surface area contributed by atoms with Crippen molar-refractivity contribution in [2.24, 2.45) is 4.99 Å². The summed E-state index contributed by atoms with van der Waals surface area (Å²) in [6, 6.07) is 5.40. The van der Waals surface area contributed by atoms with Gasteiger partial charge >= 0.3 is 0 Å². The molecule has 6 nitrogen and oxygen atoms in total. The van der Waals surface area contributed by atoms with E-state index in [0.717, 1.165) is 17.5 Å². The number of thiazole rings is 1. The quantitative estimate of drug-likeness (QED) is 0.774. The van der Waals surface area contributed by atoms with Crippen molar-refractivity contribution in [1.29, 1.82) is 0 Å². The monoisotopic (exact) mass is 366 g/mol. The van der Waals surface area contributed by atoms with Gasteiger partial charge in [-0.1, -0.05) is 17.7 Å². The number of hydrogen-bond acceptors (Lipinski definition) is 5. The third kappa shape index (κ3) is 2.52. The topological polar surface area (TPSA) is 75.8 Å². The van der Waals surface area contributed by atoms with Crippen LogP contribution in [0.4, 0.5) is 5.69 Å². The second-order valence-electron chi connectivity index (χ2n) is 5.07. The van der Waals surface area contributed by atoms with Gasteiger partial charge in [-0.15, -0.1) is 11.3 Å². The predicted molar refractivity (Wildman–Crippen MR) is 91.5 cm³/mol. The lowest BCUT2D eigenvalue weighted by atomic mass is 10.0. The molecule has 0 radical (unpaired) electrons. The molecule has 1 aromatic carbocycles. The van der Waals surface area contributed by atoms with Crippen LogP contribution >= 0.6 is 22.9 Å². The average Bonchev–Trinajstić information content (AvgIpc) is 3.06. The van der Waals surface area contributed by atoms with E-state index in [9.17, 15) is 8.42 Å². The standard InChI is InChI=1S/C14H11ClN4O2S2/c15-12-13(19-5-6-22-14(19)17-12)23(20,21)18-11-2-1-10-8-16-4-3-9(10)7-11/h1-2,5-8,18H,3-4H2. The average molecular weight is 367 g/mol. The van der Waals surface area contributed by atoms with E-state index in [1.807, 2.05) is 12.1 Å². The van der Waals surface area contributed by atoms with Crippen molar-refractivity contribution in [1.82, 2.24) is 9.38 Å². The maximum absolute atomic E-state index is 12.7. The van der Waals surface area contributed by atoms with Gasteiger partial charge in [0.2, 0.25) is 0 Å². The molecule has 2 aromatic heterocycles. The minimum atomic E-state index is -3.83. The van der Waals surface area contributed by atoms with E-state index in [2.05, 4.69) is 14.7 Å². The first kappa shape index (κ1) is 14.7. The van der Waals surface area contributed by atoms with E-state index in [1.54, 1.807) is 23.9 Å². The van der Waals surface area contributed by atoms with Crippen LogP contribution < -0.4 is 4.72 Å². The zero-order chi connectivity index (χ0) is 16.0. The van der Waals surface area contributed by atoms with Gasteiger partial charge in [0.25, 0.3) is 10.0 Å². The van der Waals surface area contributed by atoms with E-state index >= 15 is 0 Å². The Morgan fingerprint density at radius 1 is 1.35 bits per heavy atom. The van der Waals surface area contributed by atoms with Crippen LogP contribution in [0.3, 0.4) is 0 Å². The van der Waals surface area contributed by atoms with Gasteiger partial charge in [0.15, 0.2) is 15.1 Å². The number of nitrogens with one attached hydrogen (secondary N) is 1. The second-order valence-corrected chi connectivity index (χ2v) is 7.90. The zero-order valence-corrected chi connectivity index (χ0v) is 14.1. The van der Waals surface area contributed by atoms with Crippen LogP contribution in [0.15, 0.2) is 39.8 Å². The van der Waals surface area contributed by atoms with Crippen LogP contribution in [0, 0.1) is 0 Å². The highest BCUT2D eigenvalue weighted by molar-refractivity contribution is 7.92. The molecule has 1 aliphatic rings. The van der Waals surface area contributed by atoms with Gasteiger partial charge in [-0.25, -0.2) is 4.98 Å². The van der Waals surface area contributed by atoms with E-state index in [-0.39, 0.29) is 10.2 Å². The minimum Gasteiger partial charge on any atom is -0.292 e. The molecule has 3 heterocycles. The molecule has 0 saturated heterocycles. The summed E-state index contributed by atoms with van der Waals surface area (Å²) in [7, 11) is -3.83. The number of aromatic nitrogens is 2. The Morgan fingerprint density at radius 3 is 3.09 bits per heavy atom. The molecule has 1 N–H and O–H groups in total. The number of hydrogen-bond donors (Lipinski definition) is 1. The van der Waals surface area contributed by atoms with Crippen molar-refractivity contribution >= 4 is 49.8 Å². The third-order valence-corrected chi connectivity index (χ3v) is 6.10. The van der Waals surface area contributed by atoms with Gasteiger partial charge in [0.05, 0.1) is 0 Å². The molecule has 118 valence electrons. The van der Waals surface area contributed by atoms with Crippen LogP contribution in [0.2, 0.25) is 5.15 Å². The smallest absolute Gasteiger partial charge is 0.281 e. The molecule has 0 aliphatic carbocycles. The maximum atomic E-state index is 12.7. The molecule has 4 rings (SSSR count). The highest BCUT2D eigenvalue weighted by Gasteiger charge is 2.25. The molecule has 0 bridgehead atoms. The largest absolute Gasteiger partial charge is 0.292 e. The van der Waals surface area contributed by atoms with Crippen LogP contribution in [0.5, 0.6) is 0 Å². The van der Waals surface area contributed by atoms with E-state index in [1.165, 1.54) is 15.7 Å². The number of sulfonamides is 1. The lowest BCUT2D eigenvalue weighted by Crippen LogP contribution is -2.16. The molecule has 9 heteroatoms. The second kappa shape index (κ2) is 5.33. The molecule has 0 fully saturated rings. The van der Waals surface area contributed by atoms with E-state index in [4.69, 9.17) is 11.6 Å². The summed E-state index contributed by atoms with van der Waals surface area (Å²) in [4.78, 5) is 8.81. The minimum absolute atomic E-state index is 0.0329. The van der Waals surface area contributed by atoms with Crippen LogP contribution in [-0.4, -0.2) is 30.6 Å². The molecule has 0 unspecified atom stereocenters. The zero-order valence-electron chi connectivity index (χ0n) is 11.7. The normalized spacial score (nSPS) is 14.1. The molecule has 0 spiro atoms. The molecular formula is C14H11ClN4O2S2. The van der Waals surface area contributed by atoms with Gasteiger partial charge < -0.3 is 0 Å². The third-order valence-electron chi connectivity index (χ3n) is 3.57. The molecule has 0 amide bonds. The highest BCUT2D eigenvalue weighted by atomic mass is 35.5. The van der Waals surface area contributed by atoms with Gasteiger partial charge in [0.1, 0.15) is 0 Å². The summed E-state index contributed by atoms with van der Waals surface area (Å²) in [6.45, 7) is 0.715. The SMILES string of the molecule is O=S(=O)(Nc1ccc2c(c1)CCN=C2)c1c(Cl)nc2sccn12. The summed E-state index contributed by atoms with van der Waals surface area (Å²) in [5.74, 6) is 0. The fourth-order valence-corrected chi connectivity index (χ4v) is 5.05. The fourth-order valence-electron chi connectivity index (χ4n) is 2.54. The lowest BCUT2D eigenvalue weighted by Gasteiger charge is -2.13. The van der Waals surface area contributed by atoms with Crippen molar-refractivity contribution in [3.63, 3.8) is 0 Å². The van der Waals surface area contributed by atoms with Crippen molar-refractivity contribution in [3.05, 3.63) is 46.1 Å². The number of halogens is 1. The van der Waals surface area contributed by atoms with E-state index < -0.39 is 10.0 Å². The predicted octanol–water partition coefficient (Wildman–Crippen LogP) is 2.83. The Labute approximate surface area is 141 Å². The number of anilines is 1. The number of benzene rings is 1. The summed E-state index contributed by atoms with van der Waals surface area (Å²) in [5.41, 5.74) is 2.59.